The molecule has 0 aliphatic carbocycles. The summed E-state index contributed by atoms with van der Waals surface area (Å²) in [7, 11) is 0. The van der Waals surface area contributed by atoms with Gasteiger partial charge >= 0.3 is 0 Å². The Morgan fingerprint density at radius 2 is 0.978 bits per heavy atom. The van der Waals surface area contributed by atoms with Crippen LogP contribution in [0.15, 0.2) is 162 Å². The summed E-state index contributed by atoms with van der Waals surface area (Å²) in [6.45, 7) is 0. The Morgan fingerprint density at radius 3 is 1.82 bits per heavy atom. The van der Waals surface area contributed by atoms with Gasteiger partial charge in [-0.25, -0.2) is 0 Å². The van der Waals surface area contributed by atoms with Gasteiger partial charge in [0.25, 0.3) is 0 Å². The smallest absolute Gasteiger partial charge is 0.137 e. The van der Waals surface area contributed by atoms with Crippen molar-refractivity contribution < 1.29 is 4.42 Å². The van der Waals surface area contributed by atoms with Crippen LogP contribution in [0.2, 0.25) is 0 Å². The van der Waals surface area contributed by atoms with Crippen LogP contribution in [0.3, 0.4) is 0 Å². The van der Waals surface area contributed by atoms with Gasteiger partial charge in [0.1, 0.15) is 11.2 Å². The number of benzene rings is 7. The minimum absolute atomic E-state index is 0.903. The van der Waals surface area contributed by atoms with Crippen molar-refractivity contribution in [2.75, 3.05) is 0 Å². The summed E-state index contributed by atoms with van der Waals surface area (Å²) in [5, 5.41) is 7.23. The minimum Gasteiger partial charge on any atom is -0.456 e. The summed E-state index contributed by atoms with van der Waals surface area (Å²) >= 11 is 0. The van der Waals surface area contributed by atoms with E-state index >= 15 is 0 Å². The molecule has 0 unspecified atom stereocenters. The fourth-order valence-electron chi connectivity index (χ4n) is 7.35. The fraction of sp³-hybridized carbons (Fsp3) is 0. The summed E-state index contributed by atoms with van der Waals surface area (Å²) in [6, 6.07) is 56.6. The molecule has 10 rings (SSSR count). The molecule has 0 aliphatic heterocycles. The van der Waals surface area contributed by atoms with Gasteiger partial charge in [-0.3, -0.25) is 0 Å². The molecule has 0 saturated heterocycles. The molecule has 0 N–H and O–H groups in total. The first-order valence-corrected chi connectivity index (χ1v) is 15.4. The second-order valence-electron chi connectivity index (χ2n) is 11.8. The largest absolute Gasteiger partial charge is 0.456 e. The number of hydrogen-bond donors (Lipinski definition) is 0. The van der Waals surface area contributed by atoms with E-state index in [4.69, 9.17) is 4.42 Å². The predicted molar refractivity (Wildman–Crippen MR) is 188 cm³/mol. The van der Waals surface area contributed by atoms with Gasteiger partial charge in [0.15, 0.2) is 0 Å². The summed E-state index contributed by atoms with van der Waals surface area (Å²) in [5.74, 6) is 0. The molecule has 0 aliphatic rings. The highest BCUT2D eigenvalue weighted by atomic mass is 16.3. The zero-order valence-corrected chi connectivity index (χ0v) is 24.3. The SMILES string of the molecule is c1ccc(-c2ccccc2-n2c3ccccc3c3ccc(-n4c5ccccc5c5cc6c(cc54)oc4ccccc46)cc32)cc1. The van der Waals surface area contributed by atoms with Crippen LogP contribution in [-0.2, 0) is 0 Å². The highest BCUT2D eigenvalue weighted by Gasteiger charge is 2.19. The molecule has 0 radical (unpaired) electrons. The number of furan rings is 1. The van der Waals surface area contributed by atoms with Crippen LogP contribution in [0.5, 0.6) is 0 Å². The van der Waals surface area contributed by atoms with E-state index in [0.717, 1.165) is 33.1 Å². The second-order valence-corrected chi connectivity index (χ2v) is 11.8. The van der Waals surface area contributed by atoms with E-state index in [1.807, 2.05) is 12.1 Å². The van der Waals surface area contributed by atoms with Gasteiger partial charge in [-0.2, -0.15) is 0 Å². The Kier molecular flexibility index (Phi) is 5.00. The van der Waals surface area contributed by atoms with E-state index in [-0.39, 0.29) is 0 Å². The van der Waals surface area contributed by atoms with Gasteiger partial charge in [0, 0.05) is 49.6 Å². The molecule has 210 valence electrons. The van der Waals surface area contributed by atoms with Crippen molar-refractivity contribution >= 4 is 65.6 Å². The highest BCUT2D eigenvalue weighted by molar-refractivity contribution is 6.18. The maximum Gasteiger partial charge on any atom is 0.137 e. The average molecular weight is 575 g/mol. The van der Waals surface area contributed by atoms with Crippen molar-refractivity contribution in [1.29, 1.82) is 0 Å². The van der Waals surface area contributed by atoms with E-state index in [9.17, 15) is 0 Å². The lowest BCUT2D eigenvalue weighted by atomic mass is 10.0. The Labute approximate surface area is 258 Å². The van der Waals surface area contributed by atoms with E-state index in [2.05, 4.69) is 155 Å². The van der Waals surface area contributed by atoms with Crippen molar-refractivity contribution in [3.05, 3.63) is 158 Å². The molecule has 7 aromatic carbocycles. The van der Waals surface area contributed by atoms with E-state index < -0.39 is 0 Å². The molecule has 0 fully saturated rings. The number of hydrogen-bond acceptors (Lipinski definition) is 1. The van der Waals surface area contributed by atoms with Crippen LogP contribution < -0.4 is 0 Å². The normalized spacial score (nSPS) is 12.0. The maximum absolute atomic E-state index is 6.37. The van der Waals surface area contributed by atoms with Crippen molar-refractivity contribution in [3.63, 3.8) is 0 Å². The maximum atomic E-state index is 6.37. The van der Waals surface area contributed by atoms with Gasteiger partial charge in [0.2, 0.25) is 0 Å². The third-order valence-electron chi connectivity index (χ3n) is 9.32. The lowest BCUT2D eigenvalue weighted by molar-refractivity contribution is 0.669. The van der Waals surface area contributed by atoms with Crippen LogP contribution in [0, 0.1) is 0 Å². The fourth-order valence-corrected chi connectivity index (χ4v) is 7.35. The van der Waals surface area contributed by atoms with Crippen molar-refractivity contribution in [2.24, 2.45) is 0 Å². The molecular formula is C42H26N2O. The number of nitrogens with zero attached hydrogens (tertiary/aromatic N) is 2. The second kappa shape index (κ2) is 9.22. The topological polar surface area (TPSA) is 23.0 Å². The first-order chi connectivity index (χ1) is 22.3. The van der Waals surface area contributed by atoms with Crippen LogP contribution in [0.1, 0.15) is 0 Å². The van der Waals surface area contributed by atoms with Gasteiger partial charge in [-0.1, -0.05) is 109 Å². The third-order valence-corrected chi connectivity index (χ3v) is 9.32. The molecule has 3 heterocycles. The minimum atomic E-state index is 0.903. The number of rotatable bonds is 3. The molecule has 3 nitrogen and oxygen atoms in total. The Balaban J connectivity index is 1.30. The number of fused-ring (bicyclic) bond motifs is 9. The number of para-hydroxylation sites is 4. The molecule has 0 atom stereocenters. The molecule has 45 heavy (non-hydrogen) atoms. The monoisotopic (exact) mass is 574 g/mol. The molecular weight excluding hydrogens is 548 g/mol. The zero-order valence-electron chi connectivity index (χ0n) is 24.3. The van der Waals surface area contributed by atoms with Crippen LogP contribution >= 0.6 is 0 Å². The van der Waals surface area contributed by atoms with E-state index in [1.165, 1.54) is 54.9 Å². The quantitative estimate of drug-likeness (QED) is 0.206. The molecule has 10 aromatic rings. The highest BCUT2D eigenvalue weighted by Crippen LogP contribution is 2.41. The Bertz CT molecular complexity index is 2760. The van der Waals surface area contributed by atoms with Crippen LogP contribution in [-0.4, -0.2) is 9.13 Å². The average Bonchev–Trinajstić information content (AvgIpc) is 3.74. The van der Waals surface area contributed by atoms with Gasteiger partial charge < -0.3 is 13.6 Å². The standard InChI is InChI=1S/C42H26N2O/c1-2-12-27(13-3-1)29-14-4-8-18-36(29)44-38-20-10-5-15-30(38)32-23-22-28(24-39(32)44)43-37-19-9-6-16-31(37)34-25-35-33-17-7-11-21-41(33)45-42(35)26-40(34)43/h1-26H. The molecule has 0 saturated carbocycles. The summed E-state index contributed by atoms with van der Waals surface area (Å²) in [6.07, 6.45) is 0. The molecule has 3 heteroatoms. The third kappa shape index (κ3) is 3.46. The van der Waals surface area contributed by atoms with E-state index in [1.54, 1.807) is 0 Å². The molecule has 0 amide bonds. The lowest BCUT2D eigenvalue weighted by Crippen LogP contribution is -1.98. The van der Waals surface area contributed by atoms with Gasteiger partial charge in [-0.05, 0) is 48.0 Å². The van der Waals surface area contributed by atoms with Crippen molar-refractivity contribution in [3.8, 4) is 22.5 Å². The van der Waals surface area contributed by atoms with Crippen molar-refractivity contribution in [1.82, 2.24) is 9.13 Å². The predicted octanol–water partition coefficient (Wildman–Crippen LogP) is 11.4. The summed E-state index contributed by atoms with van der Waals surface area (Å²) in [4.78, 5) is 0. The number of aromatic nitrogens is 2. The van der Waals surface area contributed by atoms with Crippen LogP contribution in [0.4, 0.5) is 0 Å². The first kappa shape index (κ1) is 24.4. The van der Waals surface area contributed by atoms with Gasteiger partial charge in [0.05, 0.1) is 27.8 Å². The molecule has 0 bridgehead atoms. The summed E-state index contributed by atoms with van der Waals surface area (Å²) < 4.78 is 11.2. The van der Waals surface area contributed by atoms with E-state index in [0.29, 0.717) is 0 Å². The first-order valence-electron chi connectivity index (χ1n) is 15.4. The van der Waals surface area contributed by atoms with Crippen molar-refractivity contribution in [2.45, 2.75) is 0 Å². The Hall–Kier alpha value is -6.06. The summed E-state index contributed by atoms with van der Waals surface area (Å²) in [5.41, 5.74) is 11.2. The Morgan fingerprint density at radius 1 is 0.356 bits per heavy atom. The zero-order chi connectivity index (χ0) is 29.5. The van der Waals surface area contributed by atoms with Gasteiger partial charge in [-0.15, -0.1) is 0 Å². The molecule has 0 spiro atoms. The van der Waals surface area contributed by atoms with Crippen LogP contribution in [0.25, 0.3) is 88.1 Å². The molecule has 3 aromatic heterocycles. The lowest BCUT2D eigenvalue weighted by Gasteiger charge is -2.15.